The lowest BCUT2D eigenvalue weighted by Gasteiger charge is -2.00. The summed E-state index contributed by atoms with van der Waals surface area (Å²) in [4.78, 5) is 5.61. The van der Waals surface area contributed by atoms with Crippen LogP contribution in [0.4, 0.5) is 5.69 Å². The molecule has 0 amide bonds. The molecule has 0 aliphatic rings. The molecule has 96 valence electrons. The van der Waals surface area contributed by atoms with Gasteiger partial charge in [-0.3, -0.25) is 0 Å². The van der Waals surface area contributed by atoms with Crippen molar-refractivity contribution >= 4 is 39.6 Å². The van der Waals surface area contributed by atoms with Crippen molar-refractivity contribution in [3.8, 4) is 11.5 Å². The molecule has 0 spiro atoms. The summed E-state index contributed by atoms with van der Waals surface area (Å²) in [6.45, 7) is 0. The minimum Gasteiger partial charge on any atom is -0.398 e. The highest BCUT2D eigenvalue weighted by Gasteiger charge is 2.12. The highest BCUT2D eigenvalue weighted by Crippen LogP contribution is 2.26. The molecule has 19 heavy (non-hydrogen) atoms. The fourth-order valence-corrected chi connectivity index (χ4v) is 2.91. The van der Waals surface area contributed by atoms with Gasteiger partial charge in [-0.2, -0.15) is 4.98 Å². The van der Waals surface area contributed by atoms with Crippen LogP contribution in [0.25, 0.3) is 11.5 Å². The number of thiophene rings is 1. The zero-order valence-corrected chi connectivity index (χ0v) is 12.8. The number of hydrogen-bond donors (Lipinski definition) is 1. The van der Waals surface area contributed by atoms with Gasteiger partial charge in [0.2, 0.25) is 0 Å². The number of nitrogens with zero attached hydrogens (tertiary/aromatic N) is 2. The molecule has 4 nitrogen and oxygen atoms in total. The summed E-state index contributed by atoms with van der Waals surface area (Å²) in [6, 6.07) is 9.81. The Morgan fingerprint density at radius 1 is 1.32 bits per heavy atom. The molecule has 0 aliphatic heterocycles. The van der Waals surface area contributed by atoms with E-state index in [2.05, 4.69) is 38.8 Å². The Kier molecular flexibility index (Phi) is 3.52. The molecular formula is C13H10IN3OS. The molecular weight excluding hydrogens is 373 g/mol. The maximum atomic E-state index is 5.94. The summed E-state index contributed by atoms with van der Waals surface area (Å²) in [5, 5.41) is 6.04. The lowest BCUT2D eigenvalue weighted by atomic mass is 10.2. The minimum absolute atomic E-state index is 0.475. The van der Waals surface area contributed by atoms with Crippen LogP contribution in [0.15, 0.2) is 40.2 Å². The van der Waals surface area contributed by atoms with Crippen LogP contribution in [0.5, 0.6) is 0 Å². The first-order chi connectivity index (χ1) is 9.22. The van der Waals surface area contributed by atoms with Gasteiger partial charge in [0.1, 0.15) is 0 Å². The van der Waals surface area contributed by atoms with Crippen molar-refractivity contribution in [1.29, 1.82) is 0 Å². The largest absolute Gasteiger partial charge is 0.398 e. The van der Waals surface area contributed by atoms with Gasteiger partial charge >= 0.3 is 0 Å². The quantitative estimate of drug-likeness (QED) is 0.555. The first-order valence-electron chi connectivity index (χ1n) is 5.63. The average molecular weight is 383 g/mol. The number of benzene rings is 1. The third-order valence-electron chi connectivity index (χ3n) is 2.63. The van der Waals surface area contributed by atoms with E-state index in [9.17, 15) is 0 Å². The molecule has 0 radical (unpaired) electrons. The van der Waals surface area contributed by atoms with Crippen LogP contribution in [0, 0.1) is 3.57 Å². The number of aromatic nitrogens is 2. The second-order valence-corrected chi connectivity index (χ2v) is 6.28. The molecule has 2 N–H and O–H groups in total. The molecule has 0 unspecified atom stereocenters. The first kappa shape index (κ1) is 12.6. The van der Waals surface area contributed by atoms with Gasteiger partial charge in [-0.15, -0.1) is 11.3 Å². The molecule has 0 fully saturated rings. The number of rotatable bonds is 3. The van der Waals surface area contributed by atoms with Crippen LogP contribution >= 0.6 is 33.9 Å². The Bertz CT molecular complexity index is 694. The summed E-state index contributed by atoms with van der Waals surface area (Å²) in [5.41, 5.74) is 7.37. The topological polar surface area (TPSA) is 64.9 Å². The molecule has 6 heteroatoms. The predicted molar refractivity (Wildman–Crippen MR) is 84.0 cm³/mol. The van der Waals surface area contributed by atoms with Crippen molar-refractivity contribution < 1.29 is 4.52 Å². The van der Waals surface area contributed by atoms with Gasteiger partial charge in [-0.25, -0.2) is 0 Å². The van der Waals surface area contributed by atoms with Gasteiger partial charge < -0.3 is 10.3 Å². The molecule has 1 aromatic carbocycles. The Hall–Kier alpha value is -1.41. The number of halogens is 1. The van der Waals surface area contributed by atoms with Crippen molar-refractivity contribution in [2.45, 2.75) is 6.42 Å². The van der Waals surface area contributed by atoms with E-state index in [1.54, 1.807) is 11.3 Å². The van der Waals surface area contributed by atoms with E-state index in [0.717, 1.165) is 9.13 Å². The molecule has 2 heterocycles. The Labute approximate surface area is 127 Å². The molecule has 0 aliphatic carbocycles. The monoisotopic (exact) mass is 383 g/mol. The van der Waals surface area contributed by atoms with Crippen LogP contribution in [-0.4, -0.2) is 10.1 Å². The third-order valence-corrected chi connectivity index (χ3v) is 4.17. The predicted octanol–water partition coefficient (Wildman–Crippen LogP) is 3.58. The van der Waals surface area contributed by atoms with Crippen LogP contribution in [0.1, 0.15) is 10.7 Å². The van der Waals surface area contributed by atoms with Gasteiger partial charge in [-0.05, 0) is 52.2 Å². The number of nitrogens with two attached hydrogens (primary N) is 1. The normalized spacial score (nSPS) is 10.8. The Morgan fingerprint density at radius 2 is 2.21 bits per heavy atom. The van der Waals surface area contributed by atoms with E-state index in [-0.39, 0.29) is 0 Å². The van der Waals surface area contributed by atoms with Crippen molar-refractivity contribution in [3.63, 3.8) is 0 Å². The maximum absolute atomic E-state index is 5.94. The molecule has 0 saturated heterocycles. The van der Waals surface area contributed by atoms with E-state index < -0.39 is 0 Å². The van der Waals surface area contributed by atoms with Gasteiger partial charge in [0.15, 0.2) is 5.82 Å². The van der Waals surface area contributed by atoms with Gasteiger partial charge in [0.25, 0.3) is 5.89 Å². The molecule has 0 atom stereocenters. The fourth-order valence-electron chi connectivity index (χ4n) is 1.72. The smallest absolute Gasteiger partial charge is 0.260 e. The highest BCUT2D eigenvalue weighted by molar-refractivity contribution is 14.1. The van der Waals surface area contributed by atoms with Gasteiger partial charge in [0.05, 0.1) is 5.56 Å². The summed E-state index contributed by atoms with van der Waals surface area (Å²) in [5.74, 6) is 1.15. The fraction of sp³-hybridized carbons (Fsp3) is 0.0769. The number of hydrogen-bond acceptors (Lipinski definition) is 5. The minimum atomic E-state index is 0.475. The molecule has 3 aromatic rings. The molecule has 0 saturated carbocycles. The standard InChI is InChI=1S/C13H10IN3OS/c14-8-3-4-11(15)10(6-8)13-16-12(17-18-13)7-9-2-1-5-19-9/h1-6H,7,15H2. The van der Waals surface area contributed by atoms with E-state index >= 15 is 0 Å². The second kappa shape index (κ2) is 5.30. The van der Waals surface area contributed by atoms with E-state index in [1.807, 2.05) is 29.6 Å². The average Bonchev–Trinajstić information content (AvgIpc) is 3.04. The molecule has 2 aromatic heterocycles. The van der Waals surface area contributed by atoms with Crippen LogP contribution < -0.4 is 5.73 Å². The van der Waals surface area contributed by atoms with Crippen LogP contribution in [-0.2, 0) is 6.42 Å². The van der Waals surface area contributed by atoms with Crippen molar-refractivity contribution in [2.75, 3.05) is 5.73 Å². The van der Waals surface area contributed by atoms with Gasteiger partial charge in [-0.1, -0.05) is 11.2 Å². The molecule has 3 rings (SSSR count). The van der Waals surface area contributed by atoms with Crippen molar-refractivity contribution in [3.05, 3.63) is 50.0 Å². The lowest BCUT2D eigenvalue weighted by molar-refractivity contribution is 0.424. The van der Waals surface area contributed by atoms with Gasteiger partial charge in [0, 0.05) is 20.6 Å². The first-order valence-corrected chi connectivity index (χ1v) is 7.58. The van der Waals surface area contributed by atoms with Crippen LogP contribution in [0.2, 0.25) is 0 Å². The zero-order chi connectivity index (χ0) is 13.2. The zero-order valence-electron chi connectivity index (χ0n) is 9.84. The van der Waals surface area contributed by atoms with E-state index in [1.165, 1.54) is 4.88 Å². The van der Waals surface area contributed by atoms with Crippen LogP contribution in [0.3, 0.4) is 0 Å². The SMILES string of the molecule is Nc1ccc(I)cc1-c1nc(Cc2cccs2)no1. The number of anilines is 1. The van der Waals surface area contributed by atoms with E-state index in [0.29, 0.717) is 23.8 Å². The lowest BCUT2D eigenvalue weighted by Crippen LogP contribution is -1.92. The summed E-state index contributed by atoms with van der Waals surface area (Å²) in [6.07, 6.45) is 0.686. The summed E-state index contributed by atoms with van der Waals surface area (Å²) >= 11 is 3.91. The summed E-state index contributed by atoms with van der Waals surface area (Å²) in [7, 11) is 0. The number of nitrogen functional groups attached to an aromatic ring is 1. The van der Waals surface area contributed by atoms with Crippen molar-refractivity contribution in [2.24, 2.45) is 0 Å². The molecule has 0 bridgehead atoms. The summed E-state index contributed by atoms with van der Waals surface area (Å²) < 4.78 is 6.38. The second-order valence-electron chi connectivity index (χ2n) is 4.00. The maximum Gasteiger partial charge on any atom is 0.260 e. The Balaban J connectivity index is 1.90. The van der Waals surface area contributed by atoms with E-state index in [4.69, 9.17) is 10.3 Å². The van der Waals surface area contributed by atoms with Crippen molar-refractivity contribution in [1.82, 2.24) is 10.1 Å². The highest BCUT2D eigenvalue weighted by atomic mass is 127. The Morgan fingerprint density at radius 3 is 3.00 bits per heavy atom. The third kappa shape index (κ3) is 2.79.